The second-order valence-corrected chi connectivity index (χ2v) is 26.4. The highest BCUT2D eigenvalue weighted by atomic mass is 35.5. The molecule has 4 heterocycles. The summed E-state index contributed by atoms with van der Waals surface area (Å²) in [4.78, 5) is 35.1. The molecule has 0 saturated carbocycles. The van der Waals surface area contributed by atoms with Crippen molar-refractivity contribution in [3.63, 3.8) is 0 Å². The van der Waals surface area contributed by atoms with Crippen LogP contribution in [0, 0.1) is 19.8 Å². The van der Waals surface area contributed by atoms with E-state index in [1.807, 2.05) is 36.9 Å². The zero-order valence-corrected chi connectivity index (χ0v) is 37.0. The second kappa shape index (κ2) is 18.0. The second-order valence-electron chi connectivity index (χ2n) is 15.9. The third kappa shape index (κ3) is 10.9. The number of hydrogen-bond acceptors (Lipinski definition) is 12. The zero-order valence-electron chi connectivity index (χ0n) is 34.2. The molecular formula is C41H52ClN5O8Si2. The highest BCUT2D eigenvalue weighted by Gasteiger charge is 2.28. The average molecular weight is 835 g/mol. The number of aromatic nitrogens is 2. The van der Waals surface area contributed by atoms with Gasteiger partial charge in [0.2, 0.25) is 17.7 Å². The van der Waals surface area contributed by atoms with Crippen LogP contribution in [0.15, 0.2) is 69.5 Å². The van der Waals surface area contributed by atoms with E-state index in [1.54, 1.807) is 18.2 Å². The smallest absolute Gasteiger partial charge is 0.291 e. The van der Waals surface area contributed by atoms with Crippen LogP contribution in [-0.2, 0) is 0 Å². The summed E-state index contributed by atoms with van der Waals surface area (Å²) in [6.07, 6.45) is 0.966. The Morgan fingerprint density at radius 3 is 1.72 bits per heavy atom. The number of amides is 1. The number of hydrogen-bond donors (Lipinski definition) is 2. The predicted octanol–water partition coefficient (Wildman–Crippen LogP) is 8.07. The Balaban J connectivity index is 0.000000261. The summed E-state index contributed by atoms with van der Waals surface area (Å²) in [5, 5.41) is 4.70. The number of carbonyl (C=O) groups excluding carboxylic acids is 2. The number of ether oxygens (including phenoxy) is 4. The van der Waals surface area contributed by atoms with Crippen molar-refractivity contribution >= 4 is 60.9 Å². The van der Waals surface area contributed by atoms with Gasteiger partial charge in [0.25, 0.3) is 23.0 Å². The summed E-state index contributed by atoms with van der Waals surface area (Å²) in [6, 6.07) is 18.7. The number of benzene rings is 2. The Hall–Kier alpha value is -5.10. The average Bonchev–Trinajstić information content (AvgIpc) is 3.95. The van der Waals surface area contributed by atoms with E-state index in [0.717, 1.165) is 36.4 Å². The molecule has 0 aliphatic carbocycles. The quantitative estimate of drug-likeness (QED) is 0.0867. The summed E-state index contributed by atoms with van der Waals surface area (Å²) < 4.78 is 33.6. The molecule has 3 aromatic heterocycles. The Morgan fingerprint density at radius 1 is 0.807 bits per heavy atom. The van der Waals surface area contributed by atoms with E-state index in [0.29, 0.717) is 24.2 Å². The maximum absolute atomic E-state index is 13.0. The molecular weight excluding hydrogens is 782 g/mol. The number of nitrogens with two attached hydrogens (primary N) is 1. The van der Waals surface area contributed by atoms with Crippen molar-refractivity contribution in [3.8, 4) is 35.2 Å². The lowest BCUT2D eigenvalue weighted by atomic mass is 10.1. The van der Waals surface area contributed by atoms with Crippen LogP contribution in [-0.4, -0.2) is 71.1 Å². The molecule has 1 unspecified atom stereocenters. The molecule has 1 saturated heterocycles. The first-order chi connectivity index (χ1) is 26.9. The van der Waals surface area contributed by atoms with Gasteiger partial charge in [-0.3, -0.25) is 9.59 Å². The van der Waals surface area contributed by atoms with Crippen molar-refractivity contribution in [3.05, 3.63) is 83.3 Å². The van der Waals surface area contributed by atoms with E-state index >= 15 is 0 Å². The van der Waals surface area contributed by atoms with Gasteiger partial charge in [-0.05, 0) is 79.7 Å². The number of rotatable bonds is 13. The van der Waals surface area contributed by atoms with Gasteiger partial charge >= 0.3 is 0 Å². The maximum atomic E-state index is 13.0. The number of aryl methyl sites for hydroxylation is 2. The number of methoxy groups -OCH3 is 2. The van der Waals surface area contributed by atoms with Crippen LogP contribution in [0.5, 0.6) is 35.2 Å². The van der Waals surface area contributed by atoms with Gasteiger partial charge in [-0.2, -0.15) is 9.97 Å². The minimum atomic E-state index is -1.52. The fourth-order valence-corrected chi connectivity index (χ4v) is 8.28. The Bertz CT molecular complexity index is 2190. The molecule has 1 aliphatic heterocycles. The van der Waals surface area contributed by atoms with Gasteiger partial charge in [0.1, 0.15) is 11.5 Å². The summed E-state index contributed by atoms with van der Waals surface area (Å²) in [5.74, 6) is 2.79. The summed E-state index contributed by atoms with van der Waals surface area (Å²) >= 11 is 5.35. The topological polar surface area (TPSA) is 164 Å². The van der Waals surface area contributed by atoms with Crippen LogP contribution in [0.2, 0.25) is 39.3 Å². The molecule has 16 heteroatoms. The highest BCUT2D eigenvalue weighted by molar-refractivity contribution is 6.89. The van der Waals surface area contributed by atoms with E-state index in [2.05, 4.69) is 72.8 Å². The van der Waals surface area contributed by atoms with Gasteiger partial charge in [0.05, 0.1) is 30.4 Å². The van der Waals surface area contributed by atoms with Gasteiger partial charge in [-0.15, -0.1) is 0 Å². The zero-order chi connectivity index (χ0) is 41.7. The molecule has 304 valence electrons. The van der Waals surface area contributed by atoms with Crippen LogP contribution in [0.1, 0.15) is 38.7 Å². The normalized spacial score (nSPS) is 14.1. The lowest BCUT2D eigenvalue weighted by molar-refractivity contribution is 0.0990. The SMILES string of the molecule is COc1nc(N2CCC(CN)C2)nc(OC)c1NC(=O)c1ccc(Oc2cc([Si](C)(C)C)ccc2C)o1.Cc1ccc([Si](C)(C)C)cc1Oc1ccc(C(=O)Cl)o1. The van der Waals surface area contributed by atoms with Crippen LogP contribution >= 0.6 is 11.6 Å². The number of nitrogens with one attached hydrogen (secondary N) is 1. The minimum Gasteiger partial charge on any atom is -0.479 e. The van der Waals surface area contributed by atoms with E-state index in [4.69, 9.17) is 45.1 Å². The predicted molar refractivity (Wildman–Crippen MR) is 229 cm³/mol. The van der Waals surface area contributed by atoms with Crippen LogP contribution in [0.25, 0.3) is 0 Å². The fraction of sp³-hybridized carbons (Fsp3) is 0.366. The molecule has 2 aromatic carbocycles. The number of furan rings is 2. The largest absolute Gasteiger partial charge is 0.479 e. The van der Waals surface area contributed by atoms with E-state index in [1.165, 1.54) is 30.7 Å². The summed E-state index contributed by atoms with van der Waals surface area (Å²) in [7, 11) is 0.0320. The third-order valence-electron chi connectivity index (χ3n) is 9.47. The summed E-state index contributed by atoms with van der Waals surface area (Å²) in [6.45, 7) is 19.7. The molecule has 1 aliphatic rings. The number of carbonyl (C=O) groups is 2. The van der Waals surface area contributed by atoms with Crippen molar-refractivity contribution < 1.29 is 37.4 Å². The maximum Gasteiger partial charge on any atom is 0.291 e. The van der Waals surface area contributed by atoms with E-state index in [9.17, 15) is 9.59 Å². The minimum absolute atomic E-state index is 0.0625. The van der Waals surface area contributed by atoms with Gasteiger partial charge < -0.3 is 43.7 Å². The van der Waals surface area contributed by atoms with E-state index < -0.39 is 27.3 Å². The molecule has 5 aromatic rings. The van der Waals surface area contributed by atoms with Gasteiger partial charge in [0.15, 0.2) is 17.2 Å². The first kappa shape index (κ1) is 43.0. The van der Waals surface area contributed by atoms with Gasteiger partial charge in [-0.25, -0.2) is 0 Å². The lowest BCUT2D eigenvalue weighted by Crippen LogP contribution is -2.37. The van der Waals surface area contributed by atoms with Crippen LogP contribution < -0.4 is 45.3 Å². The van der Waals surface area contributed by atoms with Crippen LogP contribution in [0.3, 0.4) is 0 Å². The lowest BCUT2D eigenvalue weighted by Gasteiger charge is -2.19. The Kier molecular flexibility index (Phi) is 13.6. The van der Waals surface area contributed by atoms with Gasteiger partial charge in [-0.1, -0.05) is 73.9 Å². The Morgan fingerprint density at radius 2 is 1.30 bits per heavy atom. The van der Waals surface area contributed by atoms with Gasteiger partial charge in [0, 0.05) is 25.2 Å². The van der Waals surface area contributed by atoms with Crippen molar-refractivity contribution in [2.24, 2.45) is 11.7 Å². The molecule has 6 rings (SSSR count). The Labute approximate surface area is 340 Å². The highest BCUT2D eigenvalue weighted by Crippen LogP contribution is 2.36. The number of halogens is 1. The standard InChI is InChI=1S/C26H35N5O5Si.C15H17ClO3Si/c1-16-7-8-18(37(4,5)6)13-20(16)36-21-10-9-19(35-21)23(32)28-22-24(33-2)29-26(30-25(22)34-3)31-12-11-17(14-27)15-31;1-10-5-6-11(20(2,3)4)9-13(10)19-14-8-7-12(18-14)15(16)17/h7-10,13,17H,11-12,14-15,27H2,1-6H3,(H,28,32);5-9H,1-4H3. The van der Waals surface area contributed by atoms with Crippen molar-refractivity contribution in [2.75, 3.05) is 44.1 Å². The molecule has 1 amide bonds. The molecule has 1 fully saturated rings. The molecule has 3 N–H and O–H groups in total. The third-order valence-corrected chi connectivity index (χ3v) is 13.7. The molecule has 13 nitrogen and oxygen atoms in total. The van der Waals surface area contributed by atoms with Crippen LogP contribution in [0.4, 0.5) is 11.6 Å². The van der Waals surface area contributed by atoms with Crippen molar-refractivity contribution in [1.29, 1.82) is 0 Å². The molecule has 1 atom stereocenters. The molecule has 57 heavy (non-hydrogen) atoms. The monoisotopic (exact) mass is 833 g/mol. The molecule has 0 radical (unpaired) electrons. The van der Waals surface area contributed by atoms with E-state index in [-0.39, 0.29) is 40.9 Å². The molecule has 0 spiro atoms. The number of nitrogens with zero attached hydrogens (tertiary/aromatic N) is 3. The first-order valence-corrected chi connectivity index (χ1v) is 26.0. The summed E-state index contributed by atoms with van der Waals surface area (Å²) in [5.41, 5.74) is 8.02. The van der Waals surface area contributed by atoms with Crippen molar-refractivity contribution in [2.45, 2.75) is 59.6 Å². The van der Waals surface area contributed by atoms with Crippen molar-refractivity contribution in [1.82, 2.24) is 9.97 Å². The fourth-order valence-electron chi connectivity index (χ4n) is 5.88. The first-order valence-electron chi connectivity index (χ1n) is 18.6. The molecule has 0 bridgehead atoms. The number of anilines is 2.